The highest BCUT2D eigenvalue weighted by molar-refractivity contribution is 6.37. The van der Waals surface area contributed by atoms with Gasteiger partial charge in [0.25, 0.3) is 0 Å². The summed E-state index contributed by atoms with van der Waals surface area (Å²) in [5, 5.41) is 7.60. The van der Waals surface area contributed by atoms with Gasteiger partial charge < -0.3 is 10.6 Å². The molecule has 1 aliphatic carbocycles. The number of aromatic nitrogens is 1. The van der Waals surface area contributed by atoms with Gasteiger partial charge in [-0.2, -0.15) is 0 Å². The Kier molecular flexibility index (Phi) is 5.59. The van der Waals surface area contributed by atoms with Crippen molar-refractivity contribution in [1.29, 1.82) is 0 Å². The van der Waals surface area contributed by atoms with E-state index in [-0.39, 0.29) is 0 Å². The Balaban J connectivity index is 2.08. The largest absolute Gasteiger partial charge is 0.372 e. The first kappa shape index (κ1) is 14.7. The molecule has 5 heteroatoms. The molecule has 1 heterocycles. The summed E-state index contributed by atoms with van der Waals surface area (Å²) in [6.45, 7) is 0. The van der Waals surface area contributed by atoms with Gasteiger partial charge in [-0.25, -0.2) is 4.98 Å². The molecule has 3 nitrogen and oxygen atoms in total. The van der Waals surface area contributed by atoms with Crippen LogP contribution in [-0.2, 0) is 0 Å². The fourth-order valence-corrected chi connectivity index (χ4v) is 3.04. The summed E-state index contributed by atoms with van der Waals surface area (Å²) in [4.78, 5) is 4.45. The molecule has 0 radical (unpaired) electrons. The van der Waals surface area contributed by atoms with Gasteiger partial charge in [0.15, 0.2) is 0 Å². The van der Waals surface area contributed by atoms with E-state index < -0.39 is 0 Å². The second kappa shape index (κ2) is 7.20. The molecule has 106 valence electrons. The van der Waals surface area contributed by atoms with E-state index in [2.05, 4.69) is 15.6 Å². The number of hydrogen-bond acceptors (Lipinski definition) is 3. The van der Waals surface area contributed by atoms with Crippen LogP contribution < -0.4 is 10.6 Å². The minimum absolute atomic E-state index is 0.469. The van der Waals surface area contributed by atoms with Crippen LogP contribution in [0.2, 0.25) is 10.0 Å². The van der Waals surface area contributed by atoms with Gasteiger partial charge in [-0.3, -0.25) is 0 Å². The van der Waals surface area contributed by atoms with Gasteiger partial charge in [-0.1, -0.05) is 55.3 Å². The smallest absolute Gasteiger partial charge is 0.147 e. The molecule has 0 unspecified atom stereocenters. The Morgan fingerprint density at radius 1 is 1.00 bits per heavy atom. The van der Waals surface area contributed by atoms with E-state index in [1.165, 1.54) is 44.9 Å². The number of anilines is 2. The van der Waals surface area contributed by atoms with Crippen LogP contribution in [0.25, 0.3) is 0 Å². The summed E-state index contributed by atoms with van der Waals surface area (Å²) in [5.74, 6) is 1.40. The van der Waals surface area contributed by atoms with E-state index in [0.717, 1.165) is 5.82 Å². The van der Waals surface area contributed by atoms with E-state index in [1.54, 1.807) is 6.07 Å². The van der Waals surface area contributed by atoms with Gasteiger partial charge in [0.05, 0.1) is 10.0 Å². The third-order valence-corrected chi connectivity index (χ3v) is 4.19. The van der Waals surface area contributed by atoms with E-state index in [4.69, 9.17) is 23.2 Å². The van der Waals surface area contributed by atoms with Gasteiger partial charge >= 0.3 is 0 Å². The van der Waals surface area contributed by atoms with Crippen molar-refractivity contribution >= 4 is 34.8 Å². The van der Waals surface area contributed by atoms with Gasteiger partial charge in [0, 0.05) is 13.1 Å². The Morgan fingerprint density at radius 2 is 1.58 bits per heavy atom. The fraction of sp³-hybridized carbons (Fsp3) is 0.643. The van der Waals surface area contributed by atoms with Crippen LogP contribution in [0.5, 0.6) is 0 Å². The molecule has 1 aromatic heterocycles. The molecule has 2 rings (SSSR count). The highest BCUT2D eigenvalue weighted by Crippen LogP contribution is 2.30. The standard InChI is InChI=1S/C14H21Cl2N3/c1-17-13-11(15)9-12(16)14(19-13)18-10-7-5-3-2-4-6-8-10/h9-10H,2-8H2,1H3,(H2,17,18,19). The maximum Gasteiger partial charge on any atom is 0.147 e. The van der Waals surface area contributed by atoms with Crippen LogP contribution in [-0.4, -0.2) is 18.1 Å². The zero-order valence-corrected chi connectivity index (χ0v) is 12.8. The average Bonchev–Trinajstić information content (AvgIpc) is 2.35. The first-order chi connectivity index (χ1) is 9.20. The van der Waals surface area contributed by atoms with Crippen LogP contribution in [0.15, 0.2) is 6.07 Å². The lowest BCUT2D eigenvalue weighted by Crippen LogP contribution is -2.21. The summed E-state index contributed by atoms with van der Waals surface area (Å²) < 4.78 is 0. The summed E-state index contributed by atoms with van der Waals surface area (Å²) in [5.41, 5.74) is 0. The van der Waals surface area contributed by atoms with E-state index in [1.807, 2.05) is 7.05 Å². The molecular formula is C14H21Cl2N3. The Labute approximate surface area is 125 Å². The normalized spacial score (nSPS) is 17.6. The van der Waals surface area contributed by atoms with E-state index >= 15 is 0 Å². The van der Waals surface area contributed by atoms with E-state index in [9.17, 15) is 0 Å². The zero-order valence-electron chi connectivity index (χ0n) is 11.3. The zero-order chi connectivity index (χ0) is 13.7. The molecule has 2 N–H and O–H groups in total. The second-order valence-corrected chi connectivity index (χ2v) is 5.90. The summed E-state index contributed by atoms with van der Waals surface area (Å²) in [7, 11) is 1.81. The number of nitrogens with one attached hydrogen (secondary N) is 2. The van der Waals surface area contributed by atoms with Gasteiger partial charge in [0.1, 0.15) is 11.6 Å². The predicted octanol–water partition coefficient (Wildman–Crippen LogP) is 4.95. The topological polar surface area (TPSA) is 37.0 Å². The van der Waals surface area contributed by atoms with Crippen LogP contribution in [0.3, 0.4) is 0 Å². The molecule has 0 saturated heterocycles. The van der Waals surface area contributed by atoms with Gasteiger partial charge in [0.2, 0.25) is 0 Å². The lowest BCUT2D eigenvalue weighted by atomic mass is 9.97. The van der Waals surface area contributed by atoms with Crippen LogP contribution in [0.4, 0.5) is 11.6 Å². The molecule has 0 aromatic carbocycles. The molecule has 0 atom stereocenters. The minimum atomic E-state index is 0.469. The van der Waals surface area contributed by atoms with Gasteiger partial charge in [-0.15, -0.1) is 0 Å². The van der Waals surface area contributed by atoms with Gasteiger partial charge in [-0.05, 0) is 18.9 Å². The number of halogens is 2. The van der Waals surface area contributed by atoms with Crippen molar-refractivity contribution in [3.8, 4) is 0 Å². The van der Waals surface area contributed by atoms with Crippen molar-refractivity contribution in [3.63, 3.8) is 0 Å². The van der Waals surface area contributed by atoms with Crippen molar-refractivity contribution < 1.29 is 0 Å². The highest BCUT2D eigenvalue weighted by Gasteiger charge is 2.15. The van der Waals surface area contributed by atoms with Crippen molar-refractivity contribution in [1.82, 2.24) is 4.98 Å². The maximum absolute atomic E-state index is 6.21. The molecule has 1 aliphatic rings. The average molecular weight is 302 g/mol. The molecule has 1 saturated carbocycles. The quantitative estimate of drug-likeness (QED) is 0.829. The third-order valence-electron chi connectivity index (χ3n) is 3.61. The summed E-state index contributed by atoms with van der Waals surface area (Å²) >= 11 is 12.3. The summed E-state index contributed by atoms with van der Waals surface area (Å²) in [6, 6.07) is 2.21. The van der Waals surface area contributed by atoms with Crippen molar-refractivity contribution in [3.05, 3.63) is 16.1 Å². The van der Waals surface area contributed by atoms with Crippen molar-refractivity contribution in [2.24, 2.45) is 0 Å². The molecule has 19 heavy (non-hydrogen) atoms. The highest BCUT2D eigenvalue weighted by atomic mass is 35.5. The number of pyridine rings is 1. The lowest BCUT2D eigenvalue weighted by molar-refractivity contribution is 0.471. The Bertz CT molecular complexity index is 415. The summed E-state index contributed by atoms with van der Waals surface area (Å²) in [6.07, 6.45) is 8.98. The first-order valence-electron chi connectivity index (χ1n) is 7.01. The first-order valence-corrected chi connectivity index (χ1v) is 7.76. The maximum atomic E-state index is 6.21. The number of hydrogen-bond donors (Lipinski definition) is 2. The van der Waals surface area contributed by atoms with Crippen LogP contribution >= 0.6 is 23.2 Å². The monoisotopic (exact) mass is 301 g/mol. The molecule has 0 bridgehead atoms. The van der Waals surface area contributed by atoms with Crippen LogP contribution in [0.1, 0.15) is 44.9 Å². The molecule has 0 spiro atoms. The number of nitrogens with zero attached hydrogens (tertiary/aromatic N) is 1. The fourth-order valence-electron chi connectivity index (χ4n) is 2.54. The molecule has 1 fully saturated rings. The second-order valence-electron chi connectivity index (χ2n) is 5.09. The SMILES string of the molecule is CNc1nc(NC2CCCCCCC2)c(Cl)cc1Cl. The third kappa shape index (κ3) is 4.15. The number of rotatable bonds is 3. The Hall–Kier alpha value is -0.670. The molecule has 0 aliphatic heterocycles. The Morgan fingerprint density at radius 3 is 2.21 bits per heavy atom. The van der Waals surface area contributed by atoms with Crippen molar-refractivity contribution in [2.45, 2.75) is 51.0 Å². The lowest BCUT2D eigenvalue weighted by Gasteiger charge is -2.22. The minimum Gasteiger partial charge on any atom is -0.372 e. The molecular weight excluding hydrogens is 281 g/mol. The molecule has 1 aromatic rings. The van der Waals surface area contributed by atoms with E-state index in [0.29, 0.717) is 21.9 Å². The predicted molar refractivity (Wildman–Crippen MR) is 83.5 cm³/mol. The molecule has 0 amide bonds. The van der Waals surface area contributed by atoms with Crippen molar-refractivity contribution in [2.75, 3.05) is 17.7 Å². The van der Waals surface area contributed by atoms with Crippen LogP contribution in [0, 0.1) is 0 Å².